The molecular formula is C11H6Br3N5. The summed E-state index contributed by atoms with van der Waals surface area (Å²) in [7, 11) is 0. The van der Waals surface area contributed by atoms with Gasteiger partial charge in [0.15, 0.2) is 5.65 Å². The molecule has 0 unspecified atom stereocenters. The van der Waals surface area contributed by atoms with Gasteiger partial charge in [-0.1, -0.05) is 15.9 Å². The van der Waals surface area contributed by atoms with E-state index in [9.17, 15) is 0 Å². The second-order valence-electron chi connectivity index (χ2n) is 3.70. The van der Waals surface area contributed by atoms with E-state index >= 15 is 0 Å². The van der Waals surface area contributed by atoms with Gasteiger partial charge in [0.1, 0.15) is 5.52 Å². The van der Waals surface area contributed by atoms with E-state index in [-0.39, 0.29) is 0 Å². The number of halogens is 3. The van der Waals surface area contributed by atoms with Crippen LogP contribution in [-0.2, 0) is 0 Å². The van der Waals surface area contributed by atoms with Crippen molar-refractivity contribution < 1.29 is 0 Å². The fraction of sp³-hybridized carbons (Fsp3) is 0. The molecule has 2 heterocycles. The molecule has 96 valence electrons. The van der Waals surface area contributed by atoms with Crippen LogP contribution in [0.2, 0.25) is 0 Å². The number of aromatic amines is 1. The fourth-order valence-corrected chi connectivity index (χ4v) is 4.03. The van der Waals surface area contributed by atoms with Gasteiger partial charge in [-0.2, -0.15) is 4.98 Å². The molecule has 0 radical (unpaired) electrons. The normalized spacial score (nSPS) is 10.9. The van der Waals surface area contributed by atoms with Gasteiger partial charge in [0.05, 0.1) is 18.2 Å². The smallest absolute Gasteiger partial charge is 0.229 e. The number of nitrogens with one attached hydrogen (secondary N) is 2. The van der Waals surface area contributed by atoms with Crippen molar-refractivity contribution in [1.29, 1.82) is 0 Å². The van der Waals surface area contributed by atoms with Crippen LogP contribution in [0.3, 0.4) is 0 Å². The van der Waals surface area contributed by atoms with Crippen molar-refractivity contribution in [3.63, 3.8) is 0 Å². The fourth-order valence-electron chi connectivity index (χ4n) is 1.57. The largest absolute Gasteiger partial charge is 0.342 e. The first-order valence-electron chi connectivity index (χ1n) is 5.21. The summed E-state index contributed by atoms with van der Waals surface area (Å²) in [6, 6.07) is 3.89. The second kappa shape index (κ2) is 5.18. The van der Waals surface area contributed by atoms with Crippen molar-refractivity contribution in [2.75, 3.05) is 5.32 Å². The summed E-state index contributed by atoms with van der Waals surface area (Å²) in [5.74, 6) is 0.489. The highest BCUT2D eigenvalue weighted by molar-refractivity contribution is 9.11. The summed E-state index contributed by atoms with van der Waals surface area (Å²) < 4.78 is 2.78. The van der Waals surface area contributed by atoms with Crippen LogP contribution >= 0.6 is 47.8 Å². The van der Waals surface area contributed by atoms with E-state index in [2.05, 4.69) is 73.0 Å². The van der Waals surface area contributed by atoms with Crippen LogP contribution in [0.25, 0.3) is 11.2 Å². The highest BCUT2D eigenvalue weighted by atomic mass is 79.9. The summed E-state index contributed by atoms with van der Waals surface area (Å²) in [4.78, 5) is 15.6. The van der Waals surface area contributed by atoms with E-state index in [1.165, 1.54) is 0 Å². The Morgan fingerprint density at radius 1 is 1.05 bits per heavy atom. The van der Waals surface area contributed by atoms with E-state index in [1.807, 2.05) is 12.1 Å². The van der Waals surface area contributed by atoms with Crippen molar-refractivity contribution in [3.8, 4) is 0 Å². The molecule has 0 fully saturated rings. The number of aromatic nitrogens is 4. The summed E-state index contributed by atoms with van der Waals surface area (Å²) in [5, 5.41) is 3.16. The van der Waals surface area contributed by atoms with Crippen molar-refractivity contribution in [1.82, 2.24) is 19.9 Å². The quantitative estimate of drug-likeness (QED) is 0.611. The maximum absolute atomic E-state index is 4.32. The first kappa shape index (κ1) is 13.0. The van der Waals surface area contributed by atoms with E-state index in [0.717, 1.165) is 24.6 Å². The molecule has 0 saturated carbocycles. The monoisotopic (exact) mass is 445 g/mol. The van der Waals surface area contributed by atoms with Gasteiger partial charge in [-0.25, -0.2) is 9.97 Å². The summed E-state index contributed by atoms with van der Waals surface area (Å²) in [5.41, 5.74) is 2.29. The molecule has 2 N–H and O–H groups in total. The number of benzene rings is 1. The Bertz CT molecular complexity index is 732. The number of imidazole rings is 1. The lowest BCUT2D eigenvalue weighted by atomic mass is 10.3. The Morgan fingerprint density at radius 3 is 2.53 bits per heavy atom. The number of hydrogen-bond acceptors (Lipinski definition) is 4. The Kier molecular flexibility index (Phi) is 3.55. The predicted octanol–water partition coefficient (Wildman–Crippen LogP) is 4.38. The second-order valence-corrected chi connectivity index (χ2v) is 6.33. The molecule has 0 bridgehead atoms. The summed E-state index contributed by atoms with van der Waals surface area (Å²) >= 11 is 10.4. The molecule has 19 heavy (non-hydrogen) atoms. The first-order chi connectivity index (χ1) is 9.13. The van der Waals surface area contributed by atoms with Gasteiger partial charge in [0, 0.05) is 13.4 Å². The third-order valence-electron chi connectivity index (χ3n) is 2.42. The van der Waals surface area contributed by atoms with Crippen LogP contribution in [0.4, 0.5) is 11.6 Å². The number of nitrogens with zero attached hydrogens (tertiary/aromatic N) is 3. The van der Waals surface area contributed by atoms with Crippen LogP contribution < -0.4 is 5.32 Å². The van der Waals surface area contributed by atoms with Crippen molar-refractivity contribution >= 4 is 70.6 Å². The van der Waals surface area contributed by atoms with Gasteiger partial charge in [-0.3, -0.25) is 0 Å². The van der Waals surface area contributed by atoms with Gasteiger partial charge >= 0.3 is 0 Å². The molecule has 0 aliphatic rings. The Balaban J connectivity index is 2.00. The van der Waals surface area contributed by atoms with Crippen molar-refractivity contribution in [3.05, 3.63) is 38.1 Å². The van der Waals surface area contributed by atoms with Crippen LogP contribution in [-0.4, -0.2) is 19.9 Å². The Morgan fingerprint density at radius 2 is 1.79 bits per heavy atom. The highest BCUT2D eigenvalue weighted by Gasteiger charge is 2.09. The van der Waals surface area contributed by atoms with E-state index in [1.54, 1.807) is 12.5 Å². The zero-order valence-electron chi connectivity index (χ0n) is 9.28. The minimum absolute atomic E-state index is 0.489. The van der Waals surface area contributed by atoms with E-state index in [0.29, 0.717) is 11.6 Å². The average Bonchev–Trinajstić information content (AvgIpc) is 2.81. The number of rotatable bonds is 2. The van der Waals surface area contributed by atoms with Gasteiger partial charge in [-0.05, 0) is 44.0 Å². The van der Waals surface area contributed by atoms with Crippen molar-refractivity contribution in [2.45, 2.75) is 0 Å². The predicted molar refractivity (Wildman–Crippen MR) is 84.5 cm³/mol. The molecule has 0 atom stereocenters. The molecule has 0 aliphatic heterocycles. The van der Waals surface area contributed by atoms with E-state index < -0.39 is 0 Å². The van der Waals surface area contributed by atoms with Gasteiger partial charge < -0.3 is 10.3 Å². The lowest BCUT2D eigenvalue weighted by molar-refractivity contribution is 1.19. The molecule has 0 saturated heterocycles. The minimum atomic E-state index is 0.489. The third-order valence-corrected chi connectivity index (χ3v) is 4.13. The first-order valence-corrected chi connectivity index (χ1v) is 7.59. The zero-order chi connectivity index (χ0) is 13.4. The summed E-state index contributed by atoms with van der Waals surface area (Å²) in [6.07, 6.45) is 3.28. The van der Waals surface area contributed by atoms with Crippen LogP contribution in [0.15, 0.2) is 38.1 Å². The Labute approximate surface area is 133 Å². The maximum atomic E-state index is 4.32. The third kappa shape index (κ3) is 2.65. The lowest BCUT2D eigenvalue weighted by Gasteiger charge is -2.09. The van der Waals surface area contributed by atoms with Crippen LogP contribution in [0.1, 0.15) is 0 Å². The molecule has 3 rings (SSSR count). The maximum Gasteiger partial charge on any atom is 0.229 e. The highest BCUT2D eigenvalue weighted by Crippen LogP contribution is 2.35. The SMILES string of the molecule is Brc1cc(Br)c(Nc2ncc3[nH]cnc3n2)c(Br)c1. The summed E-state index contributed by atoms with van der Waals surface area (Å²) in [6.45, 7) is 0. The topological polar surface area (TPSA) is 66.5 Å². The molecule has 0 aliphatic carbocycles. The molecule has 2 aromatic heterocycles. The number of fused-ring (bicyclic) bond motifs is 1. The van der Waals surface area contributed by atoms with Crippen LogP contribution in [0, 0.1) is 0 Å². The number of hydrogen-bond donors (Lipinski definition) is 2. The number of H-pyrrole nitrogens is 1. The standard InChI is InChI=1S/C11H6Br3N5/c12-5-1-6(13)9(7(14)2-5)18-11-15-3-8-10(19-11)17-4-16-8/h1-4H,(H2,15,16,17,18,19). The van der Waals surface area contributed by atoms with Crippen molar-refractivity contribution in [2.24, 2.45) is 0 Å². The molecular weight excluding hydrogens is 442 g/mol. The molecule has 3 aromatic rings. The molecule has 1 aromatic carbocycles. The van der Waals surface area contributed by atoms with Gasteiger partial charge in [0.25, 0.3) is 0 Å². The van der Waals surface area contributed by atoms with Gasteiger partial charge in [-0.15, -0.1) is 0 Å². The van der Waals surface area contributed by atoms with Gasteiger partial charge in [0.2, 0.25) is 5.95 Å². The average molecular weight is 448 g/mol. The molecule has 0 spiro atoms. The van der Waals surface area contributed by atoms with Crippen LogP contribution in [0.5, 0.6) is 0 Å². The Hall–Kier alpha value is -0.990. The van der Waals surface area contributed by atoms with E-state index in [4.69, 9.17) is 0 Å². The molecule has 0 amide bonds. The lowest BCUT2D eigenvalue weighted by Crippen LogP contribution is -1.98. The minimum Gasteiger partial charge on any atom is -0.342 e. The number of anilines is 2. The molecule has 5 nitrogen and oxygen atoms in total. The zero-order valence-corrected chi connectivity index (χ0v) is 14.0. The molecule has 8 heteroatoms.